The number of carbonyl (C=O) groups excluding carboxylic acids is 2. The molecule has 6 heteroatoms. The maximum Gasteiger partial charge on any atom is 0.337 e. The lowest BCUT2D eigenvalue weighted by molar-refractivity contribution is 0.0600. The lowest BCUT2D eigenvalue weighted by atomic mass is 10.1. The van der Waals surface area contributed by atoms with Crippen LogP contribution in [0.3, 0.4) is 0 Å². The van der Waals surface area contributed by atoms with Crippen LogP contribution in [0.4, 0.5) is 0 Å². The van der Waals surface area contributed by atoms with Gasteiger partial charge in [-0.05, 0) is 30.3 Å². The van der Waals surface area contributed by atoms with Crippen LogP contribution in [0.15, 0.2) is 54.6 Å². The Kier molecular flexibility index (Phi) is 6.44. The second kappa shape index (κ2) is 9.19. The van der Waals surface area contributed by atoms with E-state index in [1.807, 2.05) is 35.2 Å². The van der Waals surface area contributed by atoms with Gasteiger partial charge in [-0.15, -0.1) is 0 Å². The lowest BCUT2D eigenvalue weighted by Gasteiger charge is -2.34. The van der Waals surface area contributed by atoms with Gasteiger partial charge in [-0.1, -0.05) is 24.3 Å². The van der Waals surface area contributed by atoms with Crippen LogP contribution >= 0.6 is 0 Å². The molecule has 0 aliphatic carbocycles. The van der Waals surface area contributed by atoms with Crippen LogP contribution < -0.4 is 4.74 Å². The van der Waals surface area contributed by atoms with Crippen molar-refractivity contribution >= 4 is 11.9 Å². The van der Waals surface area contributed by atoms with E-state index in [1.165, 1.54) is 7.11 Å². The molecule has 0 radical (unpaired) electrons. The van der Waals surface area contributed by atoms with Crippen molar-refractivity contribution in [3.05, 3.63) is 65.7 Å². The highest BCUT2D eigenvalue weighted by atomic mass is 16.5. The van der Waals surface area contributed by atoms with E-state index in [0.29, 0.717) is 30.8 Å². The number of nitrogens with zero attached hydrogens (tertiary/aromatic N) is 2. The van der Waals surface area contributed by atoms with E-state index in [-0.39, 0.29) is 5.91 Å². The Bertz CT molecular complexity index is 771. The predicted molar refractivity (Wildman–Crippen MR) is 102 cm³/mol. The second-order valence-corrected chi connectivity index (χ2v) is 6.37. The number of esters is 1. The summed E-state index contributed by atoms with van der Waals surface area (Å²) in [5, 5.41) is 0. The monoisotopic (exact) mass is 368 g/mol. The largest absolute Gasteiger partial charge is 0.492 e. The van der Waals surface area contributed by atoms with Gasteiger partial charge >= 0.3 is 5.97 Å². The lowest BCUT2D eigenvalue weighted by Crippen LogP contribution is -2.49. The fourth-order valence-electron chi connectivity index (χ4n) is 3.06. The van der Waals surface area contributed by atoms with Crippen LogP contribution in [0.1, 0.15) is 20.7 Å². The minimum absolute atomic E-state index is 0.0547. The van der Waals surface area contributed by atoms with Crippen LogP contribution in [-0.2, 0) is 4.74 Å². The van der Waals surface area contributed by atoms with E-state index in [1.54, 1.807) is 24.3 Å². The van der Waals surface area contributed by atoms with Gasteiger partial charge in [0.1, 0.15) is 12.4 Å². The maximum absolute atomic E-state index is 12.7. The molecule has 142 valence electrons. The van der Waals surface area contributed by atoms with E-state index in [4.69, 9.17) is 9.47 Å². The van der Waals surface area contributed by atoms with Crippen molar-refractivity contribution in [1.82, 2.24) is 9.80 Å². The number of amides is 1. The summed E-state index contributed by atoms with van der Waals surface area (Å²) in [6.45, 7) is 4.38. The topological polar surface area (TPSA) is 59.1 Å². The Labute approximate surface area is 159 Å². The molecule has 0 aromatic heterocycles. The van der Waals surface area contributed by atoms with Gasteiger partial charge in [0, 0.05) is 38.3 Å². The first kappa shape index (κ1) is 18.9. The molecule has 0 atom stereocenters. The number of piperazine rings is 1. The third-order valence-corrected chi connectivity index (χ3v) is 4.61. The number of benzene rings is 2. The first-order valence-electron chi connectivity index (χ1n) is 9.05. The van der Waals surface area contributed by atoms with Crippen molar-refractivity contribution in [2.24, 2.45) is 0 Å². The zero-order valence-electron chi connectivity index (χ0n) is 15.5. The van der Waals surface area contributed by atoms with E-state index in [0.717, 1.165) is 25.4 Å². The molecule has 1 amide bonds. The van der Waals surface area contributed by atoms with Gasteiger partial charge in [-0.25, -0.2) is 4.79 Å². The molecule has 1 aliphatic heterocycles. The summed E-state index contributed by atoms with van der Waals surface area (Å²) < 4.78 is 10.5. The van der Waals surface area contributed by atoms with Gasteiger partial charge < -0.3 is 14.4 Å². The molecular weight excluding hydrogens is 344 g/mol. The summed E-state index contributed by atoms with van der Waals surface area (Å²) >= 11 is 0. The second-order valence-electron chi connectivity index (χ2n) is 6.37. The van der Waals surface area contributed by atoms with E-state index in [2.05, 4.69) is 4.90 Å². The first-order chi connectivity index (χ1) is 13.2. The van der Waals surface area contributed by atoms with Gasteiger partial charge in [0.05, 0.1) is 12.7 Å². The molecule has 1 heterocycles. The van der Waals surface area contributed by atoms with Crippen molar-refractivity contribution in [1.29, 1.82) is 0 Å². The normalized spacial score (nSPS) is 14.6. The summed E-state index contributed by atoms with van der Waals surface area (Å²) in [4.78, 5) is 28.5. The highest BCUT2D eigenvalue weighted by Gasteiger charge is 2.22. The zero-order valence-corrected chi connectivity index (χ0v) is 15.5. The molecular formula is C21H24N2O4. The summed E-state index contributed by atoms with van der Waals surface area (Å²) in [7, 11) is 1.33. The number of carbonyl (C=O) groups is 2. The predicted octanol–water partition coefficient (Wildman–Crippen LogP) is 2.31. The summed E-state index contributed by atoms with van der Waals surface area (Å²) in [6, 6.07) is 16.4. The zero-order chi connectivity index (χ0) is 19.1. The van der Waals surface area contributed by atoms with Crippen LogP contribution in [0.2, 0.25) is 0 Å². The molecule has 0 saturated carbocycles. The van der Waals surface area contributed by atoms with Crippen molar-refractivity contribution < 1.29 is 19.1 Å². The average molecular weight is 368 g/mol. The van der Waals surface area contributed by atoms with Crippen molar-refractivity contribution in [3.8, 4) is 5.75 Å². The van der Waals surface area contributed by atoms with Crippen molar-refractivity contribution in [2.75, 3.05) is 46.4 Å². The standard InChI is InChI=1S/C21H24N2O4/c1-26-21(25)18-7-5-6-17(16-18)20(24)23-12-10-22(11-13-23)14-15-27-19-8-3-2-4-9-19/h2-9,16H,10-15H2,1H3. The Morgan fingerprint density at radius 3 is 2.33 bits per heavy atom. The minimum atomic E-state index is -0.437. The molecule has 1 fully saturated rings. The molecule has 0 spiro atoms. The minimum Gasteiger partial charge on any atom is -0.492 e. The third kappa shape index (κ3) is 5.08. The van der Waals surface area contributed by atoms with Gasteiger partial charge in [0.25, 0.3) is 5.91 Å². The summed E-state index contributed by atoms with van der Waals surface area (Å²) in [6.07, 6.45) is 0. The van der Waals surface area contributed by atoms with E-state index >= 15 is 0 Å². The molecule has 1 saturated heterocycles. The highest BCUT2D eigenvalue weighted by Crippen LogP contribution is 2.12. The smallest absolute Gasteiger partial charge is 0.337 e. The SMILES string of the molecule is COC(=O)c1cccc(C(=O)N2CCN(CCOc3ccccc3)CC2)c1. The van der Waals surface area contributed by atoms with Crippen molar-refractivity contribution in [2.45, 2.75) is 0 Å². The Morgan fingerprint density at radius 2 is 1.63 bits per heavy atom. The molecule has 2 aromatic rings. The number of ether oxygens (including phenoxy) is 2. The molecule has 6 nitrogen and oxygen atoms in total. The molecule has 0 unspecified atom stereocenters. The molecule has 27 heavy (non-hydrogen) atoms. The van der Waals surface area contributed by atoms with Crippen LogP contribution in [0.5, 0.6) is 5.75 Å². The number of hydrogen-bond donors (Lipinski definition) is 0. The van der Waals surface area contributed by atoms with Crippen LogP contribution in [0.25, 0.3) is 0 Å². The number of rotatable bonds is 6. The number of methoxy groups -OCH3 is 1. The molecule has 0 N–H and O–H groups in total. The molecule has 3 rings (SSSR count). The average Bonchev–Trinajstić information content (AvgIpc) is 2.74. The highest BCUT2D eigenvalue weighted by molar-refractivity contribution is 5.98. The van der Waals surface area contributed by atoms with Crippen molar-refractivity contribution in [3.63, 3.8) is 0 Å². The molecule has 2 aromatic carbocycles. The fraction of sp³-hybridized carbons (Fsp3) is 0.333. The van der Waals surface area contributed by atoms with Crippen LogP contribution in [0, 0.1) is 0 Å². The quantitative estimate of drug-likeness (QED) is 0.733. The van der Waals surface area contributed by atoms with E-state index < -0.39 is 5.97 Å². The third-order valence-electron chi connectivity index (χ3n) is 4.61. The van der Waals surface area contributed by atoms with Gasteiger partial charge in [-0.2, -0.15) is 0 Å². The molecule has 0 bridgehead atoms. The summed E-state index contributed by atoms with van der Waals surface area (Å²) in [5.74, 6) is 0.380. The molecule has 1 aliphatic rings. The Morgan fingerprint density at radius 1 is 0.926 bits per heavy atom. The van der Waals surface area contributed by atoms with Crippen LogP contribution in [-0.4, -0.2) is 68.1 Å². The summed E-state index contributed by atoms with van der Waals surface area (Å²) in [5.41, 5.74) is 0.902. The number of para-hydroxylation sites is 1. The van der Waals surface area contributed by atoms with Gasteiger partial charge in [-0.3, -0.25) is 9.69 Å². The maximum atomic E-state index is 12.7. The van der Waals surface area contributed by atoms with E-state index in [9.17, 15) is 9.59 Å². The first-order valence-corrected chi connectivity index (χ1v) is 9.05. The Hall–Kier alpha value is -2.86. The fourth-order valence-corrected chi connectivity index (χ4v) is 3.06. The Balaban J connectivity index is 1.47. The number of hydrogen-bond acceptors (Lipinski definition) is 5. The van der Waals surface area contributed by atoms with Gasteiger partial charge in [0.2, 0.25) is 0 Å². The van der Waals surface area contributed by atoms with Gasteiger partial charge in [0.15, 0.2) is 0 Å².